The van der Waals surface area contributed by atoms with Crippen LogP contribution in [0.4, 0.5) is 0 Å². The van der Waals surface area contributed by atoms with Crippen LogP contribution in [0.2, 0.25) is 0 Å². The van der Waals surface area contributed by atoms with Crippen molar-refractivity contribution in [3.05, 3.63) is 47.5 Å². The number of aryl methyl sites for hydroxylation is 1. The lowest BCUT2D eigenvalue weighted by atomic mass is 9.83. The zero-order chi connectivity index (χ0) is 18.5. The van der Waals surface area contributed by atoms with E-state index in [1.165, 1.54) is 49.9 Å². The molecule has 1 amide bonds. The lowest BCUT2D eigenvalue weighted by Gasteiger charge is -2.33. The van der Waals surface area contributed by atoms with Gasteiger partial charge in [0, 0.05) is 25.3 Å². The molecule has 1 aromatic carbocycles. The van der Waals surface area contributed by atoms with Crippen molar-refractivity contribution in [1.29, 1.82) is 0 Å². The first kappa shape index (κ1) is 18.7. The average Bonchev–Trinajstić information content (AvgIpc) is 3.24. The standard InChI is InChI=1S/C24H34N2O/c27-24(23-13-12-21-10-4-5-11-22(21)18-23)26(17-16-25-14-6-7-15-25)19-20-8-2-1-3-9-20/h1-2,4-5,10-11,20,23H,3,6-9,12-19H2/p+1/t20-,23+/m0/s1. The fourth-order valence-corrected chi connectivity index (χ4v) is 5.21. The number of hydrogen-bond acceptors (Lipinski definition) is 1. The Morgan fingerprint density at radius 2 is 1.89 bits per heavy atom. The van der Waals surface area contributed by atoms with Crippen molar-refractivity contribution in [2.24, 2.45) is 11.8 Å². The quantitative estimate of drug-likeness (QED) is 0.768. The zero-order valence-electron chi connectivity index (χ0n) is 16.7. The minimum Gasteiger partial charge on any atom is -0.337 e. The van der Waals surface area contributed by atoms with Crippen LogP contribution in [0.15, 0.2) is 36.4 Å². The molecule has 0 radical (unpaired) electrons. The number of likely N-dealkylation sites (tertiary alicyclic amines) is 1. The van der Waals surface area contributed by atoms with Gasteiger partial charge in [-0.15, -0.1) is 0 Å². The summed E-state index contributed by atoms with van der Waals surface area (Å²) in [5.74, 6) is 1.27. The Bertz CT molecular complexity index is 662. The van der Waals surface area contributed by atoms with Crippen LogP contribution in [-0.2, 0) is 17.6 Å². The molecule has 0 aromatic heterocycles. The Morgan fingerprint density at radius 1 is 1.07 bits per heavy atom. The number of fused-ring (bicyclic) bond motifs is 1. The normalized spacial score (nSPS) is 25.3. The summed E-state index contributed by atoms with van der Waals surface area (Å²) in [6, 6.07) is 8.70. The van der Waals surface area contributed by atoms with Crippen LogP contribution in [0.3, 0.4) is 0 Å². The van der Waals surface area contributed by atoms with Gasteiger partial charge in [0.2, 0.25) is 5.91 Å². The highest BCUT2D eigenvalue weighted by molar-refractivity contribution is 5.79. The molecular formula is C24H35N2O+. The first-order chi connectivity index (χ1) is 13.3. The van der Waals surface area contributed by atoms with Crippen LogP contribution in [0, 0.1) is 11.8 Å². The van der Waals surface area contributed by atoms with Crippen molar-refractivity contribution in [3.63, 3.8) is 0 Å². The molecule has 0 saturated carbocycles. The highest BCUT2D eigenvalue weighted by Crippen LogP contribution is 2.28. The Balaban J connectivity index is 1.41. The lowest BCUT2D eigenvalue weighted by Crippen LogP contribution is -3.10. The van der Waals surface area contributed by atoms with Crippen molar-refractivity contribution < 1.29 is 9.69 Å². The van der Waals surface area contributed by atoms with Crippen LogP contribution in [0.25, 0.3) is 0 Å². The van der Waals surface area contributed by atoms with Gasteiger partial charge in [0.25, 0.3) is 0 Å². The number of allylic oxidation sites excluding steroid dienone is 2. The van der Waals surface area contributed by atoms with E-state index in [2.05, 4.69) is 41.3 Å². The third kappa shape index (κ3) is 4.82. The number of nitrogens with zero attached hydrogens (tertiary/aromatic N) is 1. The minimum absolute atomic E-state index is 0.188. The molecule has 0 unspecified atom stereocenters. The Morgan fingerprint density at radius 3 is 2.67 bits per heavy atom. The van der Waals surface area contributed by atoms with Gasteiger partial charge in [0.15, 0.2) is 0 Å². The van der Waals surface area contributed by atoms with Crippen molar-refractivity contribution in [2.45, 2.75) is 51.4 Å². The zero-order valence-corrected chi connectivity index (χ0v) is 16.7. The Kier molecular flexibility index (Phi) is 6.28. The lowest BCUT2D eigenvalue weighted by molar-refractivity contribution is -0.886. The van der Waals surface area contributed by atoms with Crippen molar-refractivity contribution in [1.82, 2.24) is 4.90 Å². The predicted molar refractivity (Wildman–Crippen MR) is 110 cm³/mol. The van der Waals surface area contributed by atoms with Gasteiger partial charge in [0.1, 0.15) is 0 Å². The van der Waals surface area contributed by atoms with E-state index in [9.17, 15) is 4.79 Å². The Hall–Kier alpha value is -1.61. The molecule has 3 aliphatic rings. The highest BCUT2D eigenvalue weighted by atomic mass is 16.2. The number of nitrogens with one attached hydrogen (secondary N) is 1. The molecule has 3 nitrogen and oxygen atoms in total. The van der Waals surface area contributed by atoms with Gasteiger partial charge in [-0.2, -0.15) is 0 Å². The molecule has 1 heterocycles. The second-order valence-corrected chi connectivity index (χ2v) is 8.85. The van der Waals surface area contributed by atoms with Crippen LogP contribution < -0.4 is 4.90 Å². The molecular weight excluding hydrogens is 332 g/mol. The van der Waals surface area contributed by atoms with E-state index < -0.39 is 0 Å². The first-order valence-corrected chi connectivity index (χ1v) is 11.1. The second kappa shape index (κ2) is 9.05. The van der Waals surface area contributed by atoms with Crippen LogP contribution in [-0.4, -0.2) is 43.5 Å². The summed E-state index contributed by atoms with van der Waals surface area (Å²) >= 11 is 0. The van der Waals surface area contributed by atoms with Crippen molar-refractivity contribution in [2.75, 3.05) is 32.7 Å². The summed E-state index contributed by atoms with van der Waals surface area (Å²) in [6.45, 7) is 5.65. The fraction of sp³-hybridized carbons (Fsp3) is 0.625. The third-order valence-electron chi connectivity index (χ3n) is 6.91. The van der Waals surface area contributed by atoms with E-state index >= 15 is 0 Å². The van der Waals surface area contributed by atoms with Crippen LogP contribution in [0.1, 0.15) is 49.7 Å². The summed E-state index contributed by atoms with van der Waals surface area (Å²) in [7, 11) is 0. The molecule has 1 aliphatic heterocycles. The molecule has 146 valence electrons. The van der Waals surface area contributed by atoms with Gasteiger partial charge >= 0.3 is 0 Å². The van der Waals surface area contributed by atoms with Gasteiger partial charge in [-0.05, 0) is 55.6 Å². The number of quaternary nitrogens is 1. The van der Waals surface area contributed by atoms with Crippen LogP contribution >= 0.6 is 0 Å². The van der Waals surface area contributed by atoms with Gasteiger partial charge < -0.3 is 9.80 Å². The molecule has 0 bridgehead atoms. The predicted octanol–water partition coefficient (Wildman–Crippen LogP) is 2.66. The topological polar surface area (TPSA) is 24.8 Å². The molecule has 2 aliphatic carbocycles. The number of benzene rings is 1. The van der Waals surface area contributed by atoms with Gasteiger partial charge in [0.05, 0.1) is 26.2 Å². The number of rotatable bonds is 6. The molecule has 2 atom stereocenters. The number of carbonyl (C=O) groups excluding carboxylic acids is 1. The van der Waals surface area contributed by atoms with E-state index in [0.717, 1.165) is 45.3 Å². The van der Waals surface area contributed by atoms with E-state index in [1.807, 2.05) is 0 Å². The van der Waals surface area contributed by atoms with E-state index in [-0.39, 0.29) is 5.92 Å². The maximum Gasteiger partial charge on any atom is 0.226 e. The van der Waals surface area contributed by atoms with E-state index in [1.54, 1.807) is 4.90 Å². The molecule has 3 heteroatoms. The van der Waals surface area contributed by atoms with Gasteiger partial charge in [-0.25, -0.2) is 0 Å². The molecule has 1 saturated heterocycles. The molecule has 0 spiro atoms. The molecule has 1 N–H and O–H groups in total. The maximum absolute atomic E-state index is 13.5. The molecule has 1 aromatic rings. The van der Waals surface area contributed by atoms with E-state index in [4.69, 9.17) is 0 Å². The number of hydrogen-bond donors (Lipinski definition) is 1. The molecule has 27 heavy (non-hydrogen) atoms. The highest BCUT2D eigenvalue weighted by Gasteiger charge is 2.30. The fourth-order valence-electron chi connectivity index (χ4n) is 5.21. The minimum atomic E-state index is 0.188. The monoisotopic (exact) mass is 367 g/mol. The van der Waals surface area contributed by atoms with Gasteiger partial charge in [-0.3, -0.25) is 4.79 Å². The average molecular weight is 368 g/mol. The third-order valence-corrected chi connectivity index (χ3v) is 6.91. The van der Waals surface area contributed by atoms with Crippen LogP contribution in [0.5, 0.6) is 0 Å². The molecule has 1 fully saturated rings. The largest absolute Gasteiger partial charge is 0.337 e. The van der Waals surface area contributed by atoms with Crippen molar-refractivity contribution >= 4 is 5.91 Å². The summed E-state index contributed by atoms with van der Waals surface area (Å²) in [5.41, 5.74) is 2.85. The summed E-state index contributed by atoms with van der Waals surface area (Å²) < 4.78 is 0. The maximum atomic E-state index is 13.5. The van der Waals surface area contributed by atoms with Crippen molar-refractivity contribution in [3.8, 4) is 0 Å². The van der Waals surface area contributed by atoms with Gasteiger partial charge in [-0.1, -0.05) is 36.4 Å². The second-order valence-electron chi connectivity index (χ2n) is 8.85. The number of amides is 1. The summed E-state index contributed by atoms with van der Waals surface area (Å²) in [4.78, 5) is 17.4. The molecule has 4 rings (SSSR count). The Labute approximate surface area is 164 Å². The summed E-state index contributed by atoms with van der Waals surface area (Å²) in [6.07, 6.45) is 13.9. The first-order valence-electron chi connectivity index (χ1n) is 11.1. The smallest absolute Gasteiger partial charge is 0.226 e. The SMILES string of the molecule is O=C([C@@H]1CCc2ccccc2C1)N(CC[NH+]1CCCC1)C[C@H]1CC=CCC1. The van der Waals surface area contributed by atoms with E-state index in [0.29, 0.717) is 11.8 Å². The number of carbonyl (C=O) groups is 1. The summed E-state index contributed by atoms with van der Waals surface area (Å²) in [5, 5.41) is 0.